The van der Waals surface area contributed by atoms with Crippen LogP contribution in [0, 0.1) is 10.1 Å². The fourth-order valence-corrected chi connectivity index (χ4v) is 3.05. The molecule has 1 aromatic rings. The molecule has 0 radical (unpaired) electrons. The molecule has 0 fully saturated rings. The predicted molar refractivity (Wildman–Crippen MR) is 120 cm³/mol. The summed E-state index contributed by atoms with van der Waals surface area (Å²) >= 11 is 3.90. The smallest absolute Gasteiger partial charge is 0.282 e. The zero-order chi connectivity index (χ0) is 20.2. The topological polar surface area (TPSA) is 55.2 Å². The zero-order valence-electron chi connectivity index (χ0n) is 17.4. The number of unbranched alkanes of at least 4 members (excludes halogenated alkanes) is 10. The average Bonchev–Trinajstić information content (AvgIpc) is 2.66. The van der Waals surface area contributed by atoms with E-state index < -0.39 is 4.92 Å². The summed E-state index contributed by atoms with van der Waals surface area (Å²) < 4.78 is 0. The largest absolute Gasteiger partial charge is 0.317 e. The van der Waals surface area contributed by atoms with E-state index in [1.54, 1.807) is 18.2 Å². The molecule has 4 nitrogen and oxygen atoms in total. The van der Waals surface area contributed by atoms with Crippen LogP contribution in [0.1, 0.15) is 90.9 Å². The Morgan fingerprint density at radius 3 is 1.67 bits per heavy atom. The summed E-state index contributed by atoms with van der Waals surface area (Å²) in [7, 11) is 0. The fraction of sp³-hybridized carbons (Fsp3) is 0.727. The number of hydrogen-bond donors (Lipinski definition) is 2. The summed E-state index contributed by atoms with van der Waals surface area (Å²) in [5, 5.41) is 13.7. The molecule has 0 unspecified atom stereocenters. The second kappa shape index (κ2) is 19.7. The molecule has 27 heavy (non-hydrogen) atoms. The second-order valence-electron chi connectivity index (χ2n) is 7.03. The first-order valence-electron chi connectivity index (χ1n) is 10.8. The standard InChI is InChI=1S/C16H35N.C6H5NO2S/c1-3-5-7-9-11-13-15-17-16-14-12-10-8-6-4-2;8-7(9)5-3-1-2-4-6(5)10/h17H,3-16H2,1-2H3;1-4,10H. The van der Waals surface area contributed by atoms with Crippen LogP contribution in [0.3, 0.4) is 0 Å². The summed E-state index contributed by atoms with van der Waals surface area (Å²) in [4.78, 5) is 10.1. The predicted octanol–water partition coefficient (Wildman–Crippen LogP) is 7.18. The molecule has 0 heterocycles. The molecular formula is C22H40N2O2S. The lowest BCUT2D eigenvalue weighted by Gasteiger charge is -2.04. The van der Waals surface area contributed by atoms with Gasteiger partial charge in [-0.05, 0) is 32.0 Å². The van der Waals surface area contributed by atoms with Gasteiger partial charge >= 0.3 is 0 Å². The van der Waals surface area contributed by atoms with Gasteiger partial charge in [-0.1, -0.05) is 90.2 Å². The first-order chi connectivity index (χ1) is 13.1. The van der Waals surface area contributed by atoms with E-state index in [9.17, 15) is 10.1 Å². The number of thiol groups is 1. The van der Waals surface area contributed by atoms with Gasteiger partial charge in [0, 0.05) is 6.07 Å². The molecule has 0 saturated carbocycles. The fourth-order valence-electron chi connectivity index (χ4n) is 2.80. The molecule has 0 amide bonds. The minimum absolute atomic E-state index is 0.0471. The van der Waals surface area contributed by atoms with Gasteiger partial charge in [0.2, 0.25) is 0 Å². The van der Waals surface area contributed by atoms with Crippen molar-refractivity contribution < 1.29 is 4.92 Å². The molecule has 0 bridgehead atoms. The molecule has 5 heteroatoms. The highest BCUT2D eigenvalue weighted by molar-refractivity contribution is 7.80. The van der Waals surface area contributed by atoms with E-state index in [1.165, 1.54) is 96.2 Å². The van der Waals surface area contributed by atoms with Crippen molar-refractivity contribution >= 4 is 18.3 Å². The van der Waals surface area contributed by atoms with E-state index in [0.717, 1.165) is 0 Å². The van der Waals surface area contributed by atoms with E-state index in [-0.39, 0.29) is 5.69 Å². The molecule has 1 aromatic carbocycles. The number of benzene rings is 1. The molecule has 0 aromatic heterocycles. The van der Waals surface area contributed by atoms with E-state index in [0.29, 0.717) is 4.90 Å². The number of rotatable bonds is 15. The van der Waals surface area contributed by atoms with Gasteiger partial charge < -0.3 is 5.32 Å². The third kappa shape index (κ3) is 16.8. The molecule has 0 aliphatic rings. The normalized spacial score (nSPS) is 10.3. The SMILES string of the molecule is CCCCCCCCNCCCCCCCC.O=[N+]([O-])c1ccccc1S. The first kappa shape index (κ1) is 25.9. The van der Waals surface area contributed by atoms with Crippen LogP contribution in [0.2, 0.25) is 0 Å². The van der Waals surface area contributed by atoms with Gasteiger partial charge in [-0.3, -0.25) is 10.1 Å². The lowest BCUT2D eigenvalue weighted by molar-refractivity contribution is -0.387. The molecule has 0 aliphatic carbocycles. The number of nitrogens with one attached hydrogen (secondary N) is 1. The van der Waals surface area contributed by atoms with Gasteiger partial charge in [0.25, 0.3) is 5.69 Å². The van der Waals surface area contributed by atoms with Crippen LogP contribution in [0.5, 0.6) is 0 Å². The monoisotopic (exact) mass is 396 g/mol. The lowest BCUT2D eigenvalue weighted by Crippen LogP contribution is -2.16. The Morgan fingerprint density at radius 2 is 1.26 bits per heavy atom. The Hall–Kier alpha value is -1.07. The Kier molecular flexibility index (Phi) is 18.9. The van der Waals surface area contributed by atoms with Crippen LogP contribution in [0.15, 0.2) is 29.2 Å². The third-order valence-corrected chi connectivity index (χ3v) is 4.87. The number of hydrogen-bond acceptors (Lipinski definition) is 4. The van der Waals surface area contributed by atoms with Crippen molar-refractivity contribution in [2.75, 3.05) is 13.1 Å². The van der Waals surface area contributed by atoms with Crippen LogP contribution in [-0.2, 0) is 0 Å². The van der Waals surface area contributed by atoms with Gasteiger partial charge in [0.15, 0.2) is 0 Å². The van der Waals surface area contributed by atoms with Crippen molar-refractivity contribution in [2.24, 2.45) is 0 Å². The lowest BCUT2D eigenvalue weighted by atomic mass is 10.1. The number of nitro benzene ring substituents is 1. The Labute approximate surface area is 172 Å². The average molecular weight is 397 g/mol. The molecular weight excluding hydrogens is 356 g/mol. The van der Waals surface area contributed by atoms with Crippen molar-refractivity contribution in [3.63, 3.8) is 0 Å². The minimum atomic E-state index is -0.456. The zero-order valence-corrected chi connectivity index (χ0v) is 18.3. The maximum atomic E-state index is 10.2. The molecule has 1 rings (SSSR count). The highest BCUT2D eigenvalue weighted by Gasteiger charge is 2.07. The Balaban J connectivity index is 0.000000569. The first-order valence-corrected chi connectivity index (χ1v) is 11.2. The van der Waals surface area contributed by atoms with Crippen molar-refractivity contribution in [1.82, 2.24) is 5.32 Å². The quantitative estimate of drug-likeness (QED) is 0.143. The number of nitrogens with zero attached hydrogens (tertiary/aromatic N) is 1. The van der Waals surface area contributed by atoms with Crippen LogP contribution in [0.25, 0.3) is 0 Å². The second-order valence-corrected chi connectivity index (χ2v) is 7.51. The van der Waals surface area contributed by atoms with Gasteiger partial charge in [0.05, 0.1) is 9.82 Å². The summed E-state index contributed by atoms with van der Waals surface area (Å²) in [5.41, 5.74) is 0.0471. The Morgan fingerprint density at radius 1 is 0.815 bits per heavy atom. The highest BCUT2D eigenvalue weighted by atomic mass is 32.1. The van der Waals surface area contributed by atoms with Crippen LogP contribution < -0.4 is 5.32 Å². The van der Waals surface area contributed by atoms with Gasteiger partial charge in [0.1, 0.15) is 0 Å². The highest BCUT2D eigenvalue weighted by Crippen LogP contribution is 2.20. The number of nitro groups is 1. The number of para-hydroxylation sites is 1. The van der Waals surface area contributed by atoms with Crippen molar-refractivity contribution in [2.45, 2.75) is 95.8 Å². The molecule has 156 valence electrons. The minimum Gasteiger partial charge on any atom is -0.317 e. The summed E-state index contributed by atoms with van der Waals surface area (Å²) in [6.45, 7) is 7.03. The van der Waals surface area contributed by atoms with Crippen LogP contribution >= 0.6 is 12.6 Å². The van der Waals surface area contributed by atoms with Gasteiger partial charge in [-0.15, -0.1) is 12.6 Å². The summed E-state index contributed by atoms with van der Waals surface area (Å²) in [6, 6.07) is 6.32. The molecule has 0 atom stereocenters. The molecule has 1 N–H and O–H groups in total. The van der Waals surface area contributed by atoms with Crippen molar-refractivity contribution in [1.29, 1.82) is 0 Å². The van der Waals surface area contributed by atoms with Crippen molar-refractivity contribution in [3.8, 4) is 0 Å². The van der Waals surface area contributed by atoms with E-state index >= 15 is 0 Å². The maximum absolute atomic E-state index is 10.2. The van der Waals surface area contributed by atoms with Gasteiger partial charge in [-0.2, -0.15) is 0 Å². The van der Waals surface area contributed by atoms with Crippen molar-refractivity contribution in [3.05, 3.63) is 34.4 Å². The summed E-state index contributed by atoms with van der Waals surface area (Å²) in [6.07, 6.45) is 16.9. The molecule has 0 aliphatic heterocycles. The molecule has 0 spiro atoms. The molecule has 0 saturated heterocycles. The van der Waals surface area contributed by atoms with E-state index in [1.807, 2.05) is 0 Å². The summed E-state index contributed by atoms with van der Waals surface area (Å²) in [5.74, 6) is 0. The van der Waals surface area contributed by atoms with E-state index in [4.69, 9.17) is 0 Å². The maximum Gasteiger partial charge on any atom is 0.282 e. The third-order valence-electron chi connectivity index (χ3n) is 4.49. The Bertz CT molecular complexity index is 455. The van der Waals surface area contributed by atoms with Gasteiger partial charge in [-0.25, -0.2) is 0 Å². The van der Waals surface area contributed by atoms with E-state index in [2.05, 4.69) is 31.8 Å². The van der Waals surface area contributed by atoms with Crippen LogP contribution in [0.4, 0.5) is 5.69 Å². The van der Waals surface area contributed by atoms with Crippen LogP contribution in [-0.4, -0.2) is 18.0 Å².